The first kappa shape index (κ1) is 12.9. The minimum Gasteiger partial charge on any atom is -0.317 e. The van der Waals surface area contributed by atoms with Gasteiger partial charge in [-0.3, -0.25) is 0 Å². The molecule has 0 aromatic heterocycles. The molecule has 1 atom stereocenters. The predicted molar refractivity (Wildman–Crippen MR) is 74.7 cm³/mol. The van der Waals surface area contributed by atoms with Crippen molar-refractivity contribution in [2.45, 2.75) is 45.1 Å². The SMILES string of the molecule is CNC(Cc1ccc(C)cc1Cl)CC1CCC1. The summed E-state index contributed by atoms with van der Waals surface area (Å²) < 4.78 is 0. The third kappa shape index (κ3) is 3.46. The van der Waals surface area contributed by atoms with E-state index in [1.54, 1.807) is 0 Å². The smallest absolute Gasteiger partial charge is 0.0441 e. The molecule has 17 heavy (non-hydrogen) atoms. The van der Waals surface area contributed by atoms with E-state index in [1.807, 2.05) is 0 Å². The van der Waals surface area contributed by atoms with Gasteiger partial charge in [0.1, 0.15) is 0 Å². The zero-order chi connectivity index (χ0) is 12.3. The lowest BCUT2D eigenvalue weighted by Crippen LogP contribution is -2.32. The lowest BCUT2D eigenvalue weighted by molar-refractivity contribution is 0.263. The molecule has 0 bridgehead atoms. The lowest BCUT2D eigenvalue weighted by Gasteiger charge is -2.29. The Labute approximate surface area is 110 Å². The third-order valence-corrected chi connectivity index (χ3v) is 4.28. The number of hydrogen-bond donors (Lipinski definition) is 1. The van der Waals surface area contributed by atoms with Gasteiger partial charge < -0.3 is 5.32 Å². The van der Waals surface area contributed by atoms with E-state index in [4.69, 9.17) is 11.6 Å². The van der Waals surface area contributed by atoms with Crippen molar-refractivity contribution in [1.82, 2.24) is 5.32 Å². The first-order chi connectivity index (χ1) is 8.19. The van der Waals surface area contributed by atoms with Crippen LogP contribution >= 0.6 is 11.6 Å². The molecule has 1 nitrogen and oxygen atoms in total. The van der Waals surface area contributed by atoms with Crippen LogP contribution in [0.1, 0.15) is 36.8 Å². The highest BCUT2D eigenvalue weighted by Gasteiger charge is 2.21. The molecule has 94 valence electrons. The maximum Gasteiger partial charge on any atom is 0.0441 e. The highest BCUT2D eigenvalue weighted by Crippen LogP contribution is 2.31. The quantitative estimate of drug-likeness (QED) is 0.835. The summed E-state index contributed by atoms with van der Waals surface area (Å²) in [4.78, 5) is 0. The fourth-order valence-corrected chi connectivity index (χ4v) is 2.83. The Morgan fingerprint density at radius 1 is 1.41 bits per heavy atom. The van der Waals surface area contributed by atoms with Crippen LogP contribution in [-0.2, 0) is 6.42 Å². The second-order valence-corrected chi connectivity index (χ2v) is 5.72. The van der Waals surface area contributed by atoms with Gasteiger partial charge in [0, 0.05) is 11.1 Å². The molecule has 1 unspecified atom stereocenters. The van der Waals surface area contributed by atoms with E-state index < -0.39 is 0 Å². The van der Waals surface area contributed by atoms with Crippen molar-refractivity contribution < 1.29 is 0 Å². The maximum absolute atomic E-state index is 6.29. The van der Waals surface area contributed by atoms with Gasteiger partial charge in [0.05, 0.1) is 0 Å². The van der Waals surface area contributed by atoms with Crippen LogP contribution in [0.4, 0.5) is 0 Å². The van der Waals surface area contributed by atoms with Crippen molar-refractivity contribution >= 4 is 11.6 Å². The van der Waals surface area contributed by atoms with E-state index in [0.717, 1.165) is 17.4 Å². The maximum atomic E-state index is 6.29. The van der Waals surface area contributed by atoms with Crippen molar-refractivity contribution in [3.63, 3.8) is 0 Å². The Kier molecular flexibility index (Phi) is 4.47. The van der Waals surface area contributed by atoms with Crippen molar-refractivity contribution in [3.05, 3.63) is 34.3 Å². The van der Waals surface area contributed by atoms with Gasteiger partial charge in [-0.15, -0.1) is 0 Å². The molecule has 1 saturated carbocycles. The van der Waals surface area contributed by atoms with Crippen molar-refractivity contribution in [3.8, 4) is 0 Å². The molecule has 0 aliphatic heterocycles. The number of aryl methyl sites for hydroxylation is 1. The average Bonchev–Trinajstić information content (AvgIpc) is 2.24. The molecular formula is C15H22ClN. The van der Waals surface area contributed by atoms with Gasteiger partial charge >= 0.3 is 0 Å². The van der Waals surface area contributed by atoms with E-state index in [1.165, 1.54) is 36.8 Å². The van der Waals surface area contributed by atoms with Gasteiger partial charge in [-0.2, -0.15) is 0 Å². The van der Waals surface area contributed by atoms with Gasteiger partial charge in [0.15, 0.2) is 0 Å². The molecule has 0 radical (unpaired) electrons. The van der Waals surface area contributed by atoms with Crippen LogP contribution in [0.3, 0.4) is 0 Å². The number of halogens is 1. The van der Waals surface area contributed by atoms with Crippen LogP contribution in [0, 0.1) is 12.8 Å². The summed E-state index contributed by atoms with van der Waals surface area (Å²) in [6.07, 6.45) is 6.60. The van der Waals surface area contributed by atoms with Crippen LogP contribution in [0.25, 0.3) is 0 Å². The van der Waals surface area contributed by atoms with Crippen LogP contribution < -0.4 is 5.32 Å². The molecule has 0 spiro atoms. The van der Waals surface area contributed by atoms with Crippen LogP contribution in [0.15, 0.2) is 18.2 Å². The summed E-state index contributed by atoms with van der Waals surface area (Å²) in [6, 6.07) is 6.95. The molecule has 1 aliphatic rings. The average molecular weight is 252 g/mol. The topological polar surface area (TPSA) is 12.0 Å². The molecule has 0 saturated heterocycles. The van der Waals surface area contributed by atoms with Gasteiger partial charge in [-0.05, 0) is 49.9 Å². The van der Waals surface area contributed by atoms with E-state index in [0.29, 0.717) is 6.04 Å². The molecule has 1 aliphatic carbocycles. The Hall–Kier alpha value is -0.530. The molecule has 2 heteroatoms. The molecule has 1 N–H and O–H groups in total. The second-order valence-electron chi connectivity index (χ2n) is 5.32. The number of benzene rings is 1. The Bertz CT molecular complexity index is 371. The molecular weight excluding hydrogens is 230 g/mol. The molecule has 0 amide bonds. The molecule has 0 heterocycles. The van der Waals surface area contributed by atoms with Gasteiger partial charge in [-0.25, -0.2) is 0 Å². The van der Waals surface area contributed by atoms with Gasteiger partial charge in [0.25, 0.3) is 0 Å². The Balaban J connectivity index is 1.96. The fraction of sp³-hybridized carbons (Fsp3) is 0.600. The largest absolute Gasteiger partial charge is 0.317 e. The predicted octanol–water partition coefficient (Wildman–Crippen LogP) is 3.97. The molecule has 1 aromatic rings. The zero-order valence-corrected chi connectivity index (χ0v) is 11.6. The van der Waals surface area contributed by atoms with Crippen molar-refractivity contribution in [2.24, 2.45) is 5.92 Å². The first-order valence-corrected chi connectivity index (χ1v) is 6.99. The standard InChI is InChI=1S/C15H22ClN/c1-11-6-7-13(15(16)8-11)10-14(17-2)9-12-4-3-5-12/h6-8,12,14,17H,3-5,9-10H2,1-2H3. The van der Waals surface area contributed by atoms with Crippen LogP contribution in [0.5, 0.6) is 0 Å². The summed E-state index contributed by atoms with van der Waals surface area (Å²) in [5.41, 5.74) is 2.51. The van der Waals surface area contributed by atoms with Crippen LogP contribution in [-0.4, -0.2) is 13.1 Å². The van der Waals surface area contributed by atoms with Crippen molar-refractivity contribution in [2.75, 3.05) is 7.05 Å². The second kappa shape index (κ2) is 5.88. The lowest BCUT2D eigenvalue weighted by atomic mass is 9.80. The third-order valence-electron chi connectivity index (χ3n) is 3.93. The van der Waals surface area contributed by atoms with E-state index in [2.05, 4.69) is 37.5 Å². The summed E-state index contributed by atoms with van der Waals surface area (Å²) in [5, 5.41) is 4.35. The molecule has 1 fully saturated rings. The summed E-state index contributed by atoms with van der Waals surface area (Å²) in [5.74, 6) is 0.941. The van der Waals surface area contributed by atoms with Crippen molar-refractivity contribution in [1.29, 1.82) is 0 Å². The normalized spacial score (nSPS) is 17.8. The number of nitrogens with one attached hydrogen (secondary N) is 1. The highest BCUT2D eigenvalue weighted by atomic mass is 35.5. The molecule has 1 aromatic carbocycles. The number of hydrogen-bond acceptors (Lipinski definition) is 1. The van der Waals surface area contributed by atoms with E-state index in [9.17, 15) is 0 Å². The minimum atomic E-state index is 0.570. The minimum absolute atomic E-state index is 0.570. The van der Waals surface area contributed by atoms with Crippen LogP contribution in [0.2, 0.25) is 5.02 Å². The zero-order valence-electron chi connectivity index (χ0n) is 10.8. The Morgan fingerprint density at radius 2 is 2.18 bits per heavy atom. The van der Waals surface area contributed by atoms with Gasteiger partial charge in [0.2, 0.25) is 0 Å². The summed E-state index contributed by atoms with van der Waals surface area (Å²) in [6.45, 7) is 2.08. The van der Waals surface area contributed by atoms with E-state index >= 15 is 0 Å². The number of likely N-dealkylation sites (N-methyl/N-ethyl adjacent to an activating group) is 1. The number of rotatable bonds is 5. The van der Waals surface area contributed by atoms with Gasteiger partial charge in [-0.1, -0.05) is 43.0 Å². The monoisotopic (exact) mass is 251 g/mol. The highest BCUT2D eigenvalue weighted by molar-refractivity contribution is 6.31. The molecule has 2 rings (SSSR count). The van der Waals surface area contributed by atoms with E-state index in [-0.39, 0.29) is 0 Å². The summed E-state index contributed by atoms with van der Waals surface area (Å²) in [7, 11) is 2.06. The fourth-order valence-electron chi connectivity index (χ4n) is 2.52. The Morgan fingerprint density at radius 3 is 2.71 bits per heavy atom. The first-order valence-electron chi connectivity index (χ1n) is 6.61. The summed E-state index contributed by atoms with van der Waals surface area (Å²) >= 11 is 6.29.